The van der Waals surface area contributed by atoms with Gasteiger partial charge in [0.1, 0.15) is 5.75 Å². The number of benzene rings is 1. The number of hydrogen-bond acceptors (Lipinski definition) is 2. The Hall–Kier alpha value is -1.02. The summed E-state index contributed by atoms with van der Waals surface area (Å²) in [5.41, 5.74) is 1.91. The van der Waals surface area contributed by atoms with Crippen molar-refractivity contribution in [1.29, 1.82) is 0 Å². The maximum absolute atomic E-state index is 9.37. The van der Waals surface area contributed by atoms with Crippen LogP contribution in [0.1, 0.15) is 18.1 Å². The van der Waals surface area contributed by atoms with Gasteiger partial charge in [0.05, 0.1) is 6.10 Å². The normalized spacial score (nSPS) is 12.9. The van der Waals surface area contributed by atoms with Gasteiger partial charge in [-0.25, -0.2) is 0 Å². The van der Waals surface area contributed by atoms with E-state index in [4.69, 9.17) is 5.11 Å². The lowest BCUT2D eigenvalue weighted by Gasteiger charge is -2.07. The second kappa shape index (κ2) is 3.59. The summed E-state index contributed by atoms with van der Waals surface area (Å²) < 4.78 is 0. The first kappa shape index (κ1) is 9.07. The van der Waals surface area contributed by atoms with E-state index in [1.165, 1.54) is 0 Å². The van der Waals surface area contributed by atoms with Gasteiger partial charge in [-0.1, -0.05) is 17.7 Å². The van der Waals surface area contributed by atoms with E-state index in [1.54, 1.807) is 13.0 Å². The van der Waals surface area contributed by atoms with Crippen molar-refractivity contribution in [3.63, 3.8) is 0 Å². The number of phenolic OH excluding ortho intramolecular Hbond substituents is 1. The molecule has 0 fully saturated rings. The van der Waals surface area contributed by atoms with Crippen molar-refractivity contribution in [2.24, 2.45) is 0 Å². The van der Waals surface area contributed by atoms with Gasteiger partial charge in [-0.15, -0.1) is 0 Å². The summed E-state index contributed by atoms with van der Waals surface area (Å²) in [5.74, 6) is 0.265. The molecule has 0 spiro atoms. The standard InChI is InChI=1S/C10H14O2/c1-7-3-4-10(12)9(5-7)6-8(2)11/h3-5,8,11-12H,6H2,1-2H3. The number of phenols is 1. The van der Waals surface area contributed by atoms with E-state index in [0.717, 1.165) is 11.1 Å². The Bertz CT molecular complexity index is 267. The van der Waals surface area contributed by atoms with Crippen molar-refractivity contribution in [3.8, 4) is 5.75 Å². The van der Waals surface area contributed by atoms with Crippen LogP contribution in [0.3, 0.4) is 0 Å². The largest absolute Gasteiger partial charge is 0.508 e. The SMILES string of the molecule is Cc1ccc(O)c(CC(C)O)c1. The molecule has 0 saturated carbocycles. The maximum Gasteiger partial charge on any atom is 0.118 e. The highest BCUT2D eigenvalue weighted by Crippen LogP contribution is 2.19. The van der Waals surface area contributed by atoms with Gasteiger partial charge in [0.15, 0.2) is 0 Å². The van der Waals surface area contributed by atoms with Crippen LogP contribution in [0.4, 0.5) is 0 Å². The quantitative estimate of drug-likeness (QED) is 0.701. The molecule has 0 aliphatic carbocycles. The predicted molar refractivity (Wildman–Crippen MR) is 48.2 cm³/mol. The summed E-state index contributed by atoms with van der Waals surface area (Å²) in [4.78, 5) is 0. The second-order valence-corrected chi connectivity index (χ2v) is 3.19. The lowest BCUT2D eigenvalue weighted by Crippen LogP contribution is -2.04. The molecule has 0 saturated heterocycles. The van der Waals surface area contributed by atoms with Crippen LogP contribution >= 0.6 is 0 Å². The van der Waals surface area contributed by atoms with Crippen molar-refractivity contribution < 1.29 is 10.2 Å². The summed E-state index contributed by atoms with van der Waals surface area (Å²) in [7, 11) is 0. The van der Waals surface area contributed by atoms with Crippen LogP contribution in [0.2, 0.25) is 0 Å². The fourth-order valence-corrected chi connectivity index (χ4v) is 1.20. The third-order valence-electron chi connectivity index (χ3n) is 1.75. The average molecular weight is 166 g/mol. The molecule has 0 heterocycles. The molecule has 12 heavy (non-hydrogen) atoms. The Kier molecular flexibility index (Phi) is 2.71. The smallest absolute Gasteiger partial charge is 0.118 e. The zero-order chi connectivity index (χ0) is 9.14. The van der Waals surface area contributed by atoms with E-state index >= 15 is 0 Å². The minimum atomic E-state index is -0.405. The molecule has 2 nitrogen and oxygen atoms in total. The van der Waals surface area contributed by atoms with Gasteiger partial charge in [0, 0.05) is 6.42 Å². The van der Waals surface area contributed by atoms with E-state index in [2.05, 4.69) is 0 Å². The highest BCUT2D eigenvalue weighted by Gasteiger charge is 2.04. The molecular weight excluding hydrogens is 152 g/mol. The minimum Gasteiger partial charge on any atom is -0.508 e. The lowest BCUT2D eigenvalue weighted by atomic mass is 10.1. The Labute approximate surface area is 72.5 Å². The van der Waals surface area contributed by atoms with E-state index in [-0.39, 0.29) is 5.75 Å². The first-order chi connectivity index (χ1) is 5.59. The molecule has 1 atom stereocenters. The van der Waals surface area contributed by atoms with Gasteiger partial charge in [-0.05, 0) is 25.5 Å². The molecule has 0 aromatic heterocycles. The minimum absolute atomic E-state index is 0.265. The molecule has 2 N–H and O–H groups in total. The fourth-order valence-electron chi connectivity index (χ4n) is 1.20. The van der Waals surface area contributed by atoms with Crippen LogP contribution in [0.25, 0.3) is 0 Å². The Morgan fingerprint density at radius 3 is 2.67 bits per heavy atom. The number of aliphatic hydroxyl groups excluding tert-OH is 1. The van der Waals surface area contributed by atoms with Gasteiger partial charge >= 0.3 is 0 Å². The van der Waals surface area contributed by atoms with Gasteiger partial charge in [0.25, 0.3) is 0 Å². The molecule has 0 amide bonds. The molecule has 1 aromatic rings. The number of aryl methyl sites for hydroxylation is 1. The first-order valence-corrected chi connectivity index (χ1v) is 4.06. The van der Waals surface area contributed by atoms with Gasteiger partial charge in [-0.3, -0.25) is 0 Å². The molecule has 66 valence electrons. The van der Waals surface area contributed by atoms with Gasteiger partial charge in [-0.2, -0.15) is 0 Å². The fraction of sp³-hybridized carbons (Fsp3) is 0.400. The molecule has 0 aliphatic rings. The highest BCUT2D eigenvalue weighted by atomic mass is 16.3. The predicted octanol–water partition coefficient (Wildman–Crippen LogP) is 1.62. The van der Waals surface area contributed by atoms with Crippen molar-refractivity contribution in [2.75, 3.05) is 0 Å². The van der Waals surface area contributed by atoms with Crippen LogP contribution in [0, 0.1) is 6.92 Å². The van der Waals surface area contributed by atoms with Crippen molar-refractivity contribution in [3.05, 3.63) is 29.3 Å². The number of aliphatic hydroxyl groups is 1. The second-order valence-electron chi connectivity index (χ2n) is 3.19. The molecule has 0 bridgehead atoms. The summed E-state index contributed by atoms with van der Waals surface area (Å²) in [5, 5.41) is 18.5. The van der Waals surface area contributed by atoms with Crippen LogP contribution < -0.4 is 0 Å². The van der Waals surface area contributed by atoms with Crippen molar-refractivity contribution in [2.45, 2.75) is 26.4 Å². The van der Waals surface area contributed by atoms with E-state index in [9.17, 15) is 5.11 Å². The summed E-state index contributed by atoms with van der Waals surface area (Å²) >= 11 is 0. The lowest BCUT2D eigenvalue weighted by molar-refractivity contribution is 0.194. The molecule has 0 aliphatic heterocycles. The number of aromatic hydroxyl groups is 1. The number of rotatable bonds is 2. The molecule has 1 unspecified atom stereocenters. The molecular formula is C10H14O2. The summed E-state index contributed by atoms with van der Waals surface area (Å²) in [6.07, 6.45) is 0.103. The average Bonchev–Trinajstić information content (AvgIpc) is 1.96. The Balaban J connectivity index is 2.90. The Morgan fingerprint density at radius 1 is 1.42 bits per heavy atom. The van der Waals surface area contributed by atoms with E-state index in [0.29, 0.717) is 6.42 Å². The van der Waals surface area contributed by atoms with Crippen LogP contribution in [-0.2, 0) is 6.42 Å². The topological polar surface area (TPSA) is 40.5 Å². The van der Waals surface area contributed by atoms with E-state index in [1.807, 2.05) is 19.1 Å². The van der Waals surface area contributed by atoms with Crippen molar-refractivity contribution >= 4 is 0 Å². The molecule has 0 radical (unpaired) electrons. The zero-order valence-electron chi connectivity index (χ0n) is 7.41. The molecule has 2 heteroatoms. The summed E-state index contributed by atoms with van der Waals surface area (Å²) in [6, 6.07) is 5.40. The van der Waals surface area contributed by atoms with Gasteiger partial charge in [0.2, 0.25) is 0 Å². The number of hydrogen-bond donors (Lipinski definition) is 2. The Morgan fingerprint density at radius 2 is 2.08 bits per heavy atom. The molecule has 1 rings (SSSR count). The van der Waals surface area contributed by atoms with Gasteiger partial charge < -0.3 is 10.2 Å². The third kappa shape index (κ3) is 2.24. The maximum atomic E-state index is 9.37. The highest BCUT2D eigenvalue weighted by molar-refractivity contribution is 5.35. The van der Waals surface area contributed by atoms with E-state index < -0.39 is 6.10 Å². The van der Waals surface area contributed by atoms with Crippen LogP contribution in [0.15, 0.2) is 18.2 Å². The summed E-state index contributed by atoms with van der Waals surface area (Å²) in [6.45, 7) is 3.67. The van der Waals surface area contributed by atoms with Crippen molar-refractivity contribution in [1.82, 2.24) is 0 Å². The first-order valence-electron chi connectivity index (χ1n) is 4.06. The molecule has 1 aromatic carbocycles. The van der Waals surface area contributed by atoms with Crippen LogP contribution in [-0.4, -0.2) is 16.3 Å². The zero-order valence-corrected chi connectivity index (χ0v) is 7.41. The van der Waals surface area contributed by atoms with Crippen LogP contribution in [0.5, 0.6) is 5.75 Å². The third-order valence-corrected chi connectivity index (χ3v) is 1.75. The monoisotopic (exact) mass is 166 g/mol.